The van der Waals surface area contributed by atoms with E-state index in [1.54, 1.807) is 12.1 Å². The molecule has 0 aromatic heterocycles. The highest BCUT2D eigenvalue weighted by Gasteiger charge is 2.21. The summed E-state index contributed by atoms with van der Waals surface area (Å²) in [5.74, 6) is -1.57. The maximum Gasteiger partial charge on any atom is 0.313 e. The van der Waals surface area contributed by atoms with E-state index in [1.165, 1.54) is 0 Å². The summed E-state index contributed by atoms with van der Waals surface area (Å²) in [7, 11) is 0. The van der Waals surface area contributed by atoms with E-state index in [1.807, 2.05) is 30.3 Å². The Kier molecular flexibility index (Phi) is 5.46. The molecule has 0 aliphatic rings. The van der Waals surface area contributed by atoms with E-state index in [-0.39, 0.29) is 26.3 Å². The molecule has 0 spiro atoms. The third-order valence-electron chi connectivity index (χ3n) is 3.26. The number of carbonyl (C=O) groups is 2. The van der Waals surface area contributed by atoms with Crippen LogP contribution in [-0.4, -0.2) is 53.2 Å². The molecule has 2 aromatic carbocycles. The molecule has 0 aliphatic heterocycles. The molecule has 2 rings (SSSR count). The molecular formula is C16H18N2O4. The topological polar surface area (TPSA) is 89.9 Å². The van der Waals surface area contributed by atoms with Crippen molar-refractivity contribution in [2.24, 2.45) is 0 Å². The zero-order valence-electron chi connectivity index (χ0n) is 12.0. The molecule has 2 aromatic rings. The first kappa shape index (κ1) is 15.9. The molecule has 0 bridgehead atoms. The maximum absolute atomic E-state index is 12.1. The second kappa shape index (κ2) is 7.53. The molecule has 6 nitrogen and oxygen atoms in total. The Labute approximate surface area is 128 Å². The van der Waals surface area contributed by atoms with Gasteiger partial charge in [0.25, 0.3) is 0 Å². The van der Waals surface area contributed by atoms with Crippen LogP contribution in [0.2, 0.25) is 0 Å². The summed E-state index contributed by atoms with van der Waals surface area (Å²) in [6.45, 7) is -0.536. The standard InChI is InChI=1S/C16H18N2O4/c19-10-8-18(9-11-20)16(22)15(21)17-14-7-3-5-12-4-1-2-6-13(12)14/h1-7,19-20H,8-11H2,(H,17,21). The van der Waals surface area contributed by atoms with E-state index in [2.05, 4.69) is 5.32 Å². The summed E-state index contributed by atoms with van der Waals surface area (Å²) in [5, 5.41) is 22.2. The summed E-state index contributed by atoms with van der Waals surface area (Å²) in [6.07, 6.45) is 0. The molecule has 0 aliphatic carbocycles. The fraction of sp³-hybridized carbons (Fsp3) is 0.250. The molecule has 6 heteroatoms. The van der Waals surface area contributed by atoms with Gasteiger partial charge in [-0.15, -0.1) is 0 Å². The quantitative estimate of drug-likeness (QED) is 0.705. The second-order valence-corrected chi connectivity index (χ2v) is 4.72. The number of fused-ring (bicyclic) bond motifs is 1. The van der Waals surface area contributed by atoms with Gasteiger partial charge in [0.1, 0.15) is 0 Å². The highest BCUT2D eigenvalue weighted by atomic mass is 16.3. The fourth-order valence-electron chi connectivity index (χ4n) is 2.21. The number of nitrogens with one attached hydrogen (secondary N) is 1. The van der Waals surface area contributed by atoms with Gasteiger partial charge in [-0.1, -0.05) is 36.4 Å². The van der Waals surface area contributed by atoms with Crippen LogP contribution >= 0.6 is 0 Å². The minimum absolute atomic E-state index is 0.00233. The second-order valence-electron chi connectivity index (χ2n) is 4.72. The van der Waals surface area contributed by atoms with Gasteiger partial charge in [0.05, 0.1) is 13.2 Å². The van der Waals surface area contributed by atoms with Gasteiger partial charge in [-0.05, 0) is 11.5 Å². The van der Waals surface area contributed by atoms with Gasteiger partial charge < -0.3 is 20.4 Å². The number of aliphatic hydroxyl groups excluding tert-OH is 2. The number of anilines is 1. The van der Waals surface area contributed by atoms with E-state index in [4.69, 9.17) is 10.2 Å². The van der Waals surface area contributed by atoms with Gasteiger partial charge in [0.15, 0.2) is 0 Å². The van der Waals surface area contributed by atoms with E-state index in [0.717, 1.165) is 15.7 Å². The smallest absolute Gasteiger partial charge is 0.313 e. The van der Waals surface area contributed by atoms with Crippen LogP contribution in [0.3, 0.4) is 0 Å². The third kappa shape index (κ3) is 3.60. The number of amides is 2. The Morgan fingerprint density at radius 1 is 0.955 bits per heavy atom. The van der Waals surface area contributed by atoms with E-state index < -0.39 is 11.8 Å². The van der Waals surface area contributed by atoms with Crippen molar-refractivity contribution in [3.05, 3.63) is 42.5 Å². The summed E-state index contributed by atoms with van der Waals surface area (Å²) in [4.78, 5) is 25.2. The average Bonchev–Trinajstić information content (AvgIpc) is 2.54. The van der Waals surface area contributed by atoms with Crippen LogP contribution in [-0.2, 0) is 9.59 Å². The molecule has 3 N–H and O–H groups in total. The highest BCUT2D eigenvalue weighted by molar-refractivity contribution is 6.40. The van der Waals surface area contributed by atoms with E-state index in [0.29, 0.717) is 5.69 Å². The van der Waals surface area contributed by atoms with Crippen molar-refractivity contribution in [1.29, 1.82) is 0 Å². The zero-order chi connectivity index (χ0) is 15.9. The summed E-state index contributed by atoms with van der Waals surface area (Å²) < 4.78 is 0. The van der Waals surface area contributed by atoms with Crippen LogP contribution in [0.1, 0.15) is 0 Å². The lowest BCUT2D eigenvalue weighted by molar-refractivity contribution is -0.143. The first-order valence-corrected chi connectivity index (χ1v) is 6.97. The van der Waals surface area contributed by atoms with Crippen LogP contribution in [0.25, 0.3) is 10.8 Å². The molecule has 0 saturated heterocycles. The fourth-order valence-corrected chi connectivity index (χ4v) is 2.21. The van der Waals surface area contributed by atoms with Crippen LogP contribution in [0.5, 0.6) is 0 Å². The minimum atomic E-state index is -0.793. The number of aliphatic hydroxyl groups is 2. The van der Waals surface area contributed by atoms with E-state index in [9.17, 15) is 9.59 Å². The molecule has 0 saturated carbocycles. The number of hydrogen-bond acceptors (Lipinski definition) is 4. The SMILES string of the molecule is O=C(Nc1cccc2ccccc12)C(=O)N(CCO)CCO. The molecule has 0 radical (unpaired) electrons. The van der Waals surface area contributed by atoms with Gasteiger partial charge in [-0.25, -0.2) is 0 Å². The largest absolute Gasteiger partial charge is 0.395 e. The van der Waals surface area contributed by atoms with E-state index >= 15 is 0 Å². The lowest BCUT2D eigenvalue weighted by Crippen LogP contribution is -2.42. The van der Waals surface area contributed by atoms with Crippen LogP contribution in [0, 0.1) is 0 Å². The summed E-state index contributed by atoms with van der Waals surface area (Å²) in [6, 6.07) is 12.9. The third-order valence-corrected chi connectivity index (χ3v) is 3.26. The lowest BCUT2D eigenvalue weighted by atomic mass is 10.1. The van der Waals surface area contributed by atoms with Gasteiger partial charge >= 0.3 is 11.8 Å². The Bertz CT molecular complexity index is 661. The average molecular weight is 302 g/mol. The molecule has 0 atom stereocenters. The molecule has 0 fully saturated rings. The van der Waals surface area contributed by atoms with Gasteiger partial charge in [-0.2, -0.15) is 0 Å². The molecule has 116 valence electrons. The number of benzene rings is 2. The Morgan fingerprint density at radius 3 is 2.27 bits per heavy atom. The summed E-state index contributed by atoms with van der Waals surface area (Å²) >= 11 is 0. The number of nitrogens with zero attached hydrogens (tertiary/aromatic N) is 1. The Balaban J connectivity index is 2.18. The lowest BCUT2D eigenvalue weighted by Gasteiger charge is -2.20. The Hall–Kier alpha value is -2.44. The Morgan fingerprint density at radius 2 is 1.59 bits per heavy atom. The predicted octanol–water partition coefficient (Wildman–Crippen LogP) is 0.591. The van der Waals surface area contributed by atoms with Crippen LogP contribution < -0.4 is 5.32 Å². The van der Waals surface area contributed by atoms with Gasteiger partial charge in [0, 0.05) is 24.2 Å². The van der Waals surface area contributed by atoms with Crippen molar-refractivity contribution in [3.63, 3.8) is 0 Å². The van der Waals surface area contributed by atoms with Crippen molar-refractivity contribution in [2.75, 3.05) is 31.6 Å². The van der Waals surface area contributed by atoms with Crippen molar-refractivity contribution >= 4 is 28.3 Å². The number of carbonyl (C=O) groups excluding carboxylic acids is 2. The molecule has 0 unspecified atom stereocenters. The minimum Gasteiger partial charge on any atom is -0.395 e. The van der Waals surface area contributed by atoms with Crippen molar-refractivity contribution in [3.8, 4) is 0 Å². The molecule has 2 amide bonds. The monoisotopic (exact) mass is 302 g/mol. The van der Waals surface area contributed by atoms with Crippen molar-refractivity contribution in [2.45, 2.75) is 0 Å². The van der Waals surface area contributed by atoms with Crippen molar-refractivity contribution in [1.82, 2.24) is 4.90 Å². The number of hydrogen-bond donors (Lipinski definition) is 3. The number of rotatable bonds is 5. The predicted molar refractivity (Wildman–Crippen MR) is 83.3 cm³/mol. The normalized spacial score (nSPS) is 10.5. The molecule has 0 heterocycles. The molecular weight excluding hydrogens is 284 g/mol. The highest BCUT2D eigenvalue weighted by Crippen LogP contribution is 2.22. The first-order valence-electron chi connectivity index (χ1n) is 6.97. The van der Waals surface area contributed by atoms with Crippen LogP contribution in [0.15, 0.2) is 42.5 Å². The first-order chi connectivity index (χ1) is 10.7. The van der Waals surface area contributed by atoms with Gasteiger partial charge in [-0.3, -0.25) is 9.59 Å². The maximum atomic E-state index is 12.1. The summed E-state index contributed by atoms with van der Waals surface area (Å²) in [5.41, 5.74) is 0.546. The molecule has 22 heavy (non-hydrogen) atoms. The van der Waals surface area contributed by atoms with Crippen molar-refractivity contribution < 1.29 is 19.8 Å². The zero-order valence-corrected chi connectivity index (χ0v) is 12.0. The van der Waals surface area contributed by atoms with Crippen LogP contribution in [0.4, 0.5) is 5.69 Å². The van der Waals surface area contributed by atoms with Gasteiger partial charge in [0.2, 0.25) is 0 Å².